The van der Waals surface area contributed by atoms with Crippen LogP contribution >= 0.6 is 0 Å². The van der Waals surface area contributed by atoms with Gasteiger partial charge in [0.1, 0.15) is 4.90 Å². The van der Waals surface area contributed by atoms with Gasteiger partial charge < -0.3 is 10.2 Å². The van der Waals surface area contributed by atoms with Crippen LogP contribution in [0.1, 0.15) is 6.92 Å². The van der Waals surface area contributed by atoms with Gasteiger partial charge in [-0.15, -0.1) is 0 Å². The van der Waals surface area contributed by atoms with E-state index in [0.29, 0.717) is 18.8 Å². The Bertz CT molecular complexity index is 601. The van der Waals surface area contributed by atoms with Crippen molar-refractivity contribution in [3.8, 4) is 0 Å². The lowest BCUT2D eigenvalue weighted by Gasteiger charge is -2.14. The fraction of sp³-hybridized carbons (Fsp3) is 0.500. The second-order valence-electron chi connectivity index (χ2n) is 4.67. The van der Waals surface area contributed by atoms with Crippen molar-refractivity contribution in [2.75, 3.05) is 39.0 Å². The summed E-state index contributed by atoms with van der Waals surface area (Å²) in [5.41, 5.74) is 0.0880. The van der Waals surface area contributed by atoms with Crippen molar-refractivity contribution in [1.82, 2.24) is 9.62 Å². The molecule has 1 rings (SSSR count). The van der Waals surface area contributed by atoms with Crippen molar-refractivity contribution in [2.45, 2.75) is 11.8 Å². The molecule has 21 heavy (non-hydrogen) atoms. The minimum absolute atomic E-state index is 0.114. The molecule has 0 bridgehead atoms. The van der Waals surface area contributed by atoms with E-state index >= 15 is 0 Å². The molecule has 0 aliphatic rings. The number of likely N-dealkylation sites (N-methyl/N-ethyl adjacent to an activating group) is 1. The Labute approximate surface area is 124 Å². The Morgan fingerprint density at radius 1 is 1.33 bits per heavy atom. The number of benzene rings is 1. The van der Waals surface area contributed by atoms with Gasteiger partial charge in [-0.05, 0) is 27.1 Å². The van der Waals surface area contributed by atoms with Gasteiger partial charge in [-0.2, -0.15) is 0 Å². The molecule has 0 atom stereocenters. The van der Waals surface area contributed by atoms with Crippen LogP contribution in [0.15, 0.2) is 23.1 Å². The summed E-state index contributed by atoms with van der Waals surface area (Å²) in [5, 5.41) is 13.7. The topological polar surface area (TPSA) is 105 Å². The van der Waals surface area contributed by atoms with Gasteiger partial charge in [-0.25, -0.2) is 13.1 Å². The standard InChI is InChI=1S/C12H20N4O4S/c1-4-13-11-6-5-10(16(17)18)9-12(11)21(19,20)14-7-8-15(2)3/h5-6,9,13-14H,4,7-8H2,1-3H3. The van der Waals surface area contributed by atoms with E-state index in [2.05, 4.69) is 10.0 Å². The molecule has 1 aromatic rings. The van der Waals surface area contributed by atoms with Gasteiger partial charge in [-0.1, -0.05) is 0 Å². The first-order valence-electron chi connectivity index (χ1n) is 6.44. The zero-order valence-corrected chi connectivity index (χ0v) is 13.1. The maximum atomic E-state index is 12.3. The van der Waals surface area contributed by atoms with E-state index in [-0.39, 0.29) is 17.1 Å². The lowest BCUT2D eigenvalue weighted by molar-refractivity contribution is -0.385. The molecule has 0 spiro atoms. The molecular weight excluding hydrogens is 296 g/mol. The van der Waals surface area contributed by atoms with Gasteiger partial charge in [0, 0.05) is 31.8 Å². The number of hydrogen-bond acceptors (Lipinski definition) is 6. The molecule has 118 valence electrons. The molecule has 0 saturated heterocycles. The van der Waals surface area contributed by atoms with E-state index in [1.54, 1.807) is 0 Å². The molecule has 0 unspecified atom stereocenters. The second-order valence-corrected chi connectivity index (χ2v) is 6.40. The molecule has 0 aliphatic carbocycles. The van der Waals surface area contributed by atoms with Crippen LogP contribution in [0, 0.1) is 10.1 Å². The van der Waals surface area contributed by atoms with E-state index in [0.717, 1.165) is 6.07 Å². The van der Waals surface area contributed by atoms with Crippen molar-refractivity contribution >= 4 is 21.4 Å². The maximum Gasteiger partial charge on any atom is 0.270 e. The molecule has 0 saturated carbocycles. The first-order chi connectivity index (χ1) is 9.77. The minimum Gasteiger partial charge on any atom is -0.384 e. The average molecular weight is 316 g/mol. The number of nitrogens with one attached hydrogen (secondary N) is 2. The Morgan fingerprint density at radius 2 is 2.00 bits per heavy atom. The number of rotatable bonds is 8. The Kier molecular flexibility index (Phi) is 6.06. The number of nitrogens with zero attached hydrogens (tertiary/aromatic N) is 2. The number of nitro groups is 1. The molecule has 2 N–H and O–H groups in total. The van der Waals surface area contributed by atoms with Crippen molar-refractivity contribution < 1.29 is 13.3 Å². The van der Waals surface area contributed by atoms with Gasteiger partial charge >= 0.3 is 0 Å². The molecule has 8 nitrogen and oxygen atoms in total. The number of non-ortho nitro benzene ring substituents is 1. The monoisotopic (exact) mass is 316 g/mol. The molecule has 0 aliphatic heterocycles. The summed E-state index contributed by atoms with van der Waals surface area (Å²) in [6.45, 7) is 3.09. The summed E-state index contributed by atoms with van der Waals surface area (Å²) in [6.07, 6.45) is 0. The molecule has 0 aromatic heterocycles. The van der Waals surface area contributed by atoms with E-state index in [1.165, 1.54) is 12.1 Å². The normalized spacial score (nSPS) is 11.6. The lowest BCUT2D eigenvalue weighted by atomic mass is 10.3. The molecule has 9 heteroatoms. The van der Waals surface area contributed by atoms with E-state index in [9.17, 15) is 18.5 Å². The molecule has 1 aromatic carbocycles. The van der Waals surface area contributed by atoms with Gasteiger partial charge in [0.25, 0.3) is 5.69 Å². The summed E-state index contributed by atoms with van der Waals surface area (Å²) in [6, 6.07) is 3.75. The Balaban J connectivity index is 3.11. The third-order valence-corrected chi connectivity index (χ3v) is 4.18. The van der Waals surface area contributed by atoms with Crippen molar-refractivity contribution in [3.63, 3.8) is 0 Å². The highest BCUT2D eigenvalue weighted by Crippen LogP contribution is 2.26. The Hall–Kier alpha value is -1.71. The van der Waals surface area contributed by atoms with Gasteiger partial charge in [0.2, 0.25) is 10.0 Å². The number of anilines is 1. The number of sulfonamides is 1. The van der Waals surface area contributed by atoms with Crippen LogP contribution in [0.5, 0.6) is 0 Å². The summed E-state index contributed by atoms with van der Waals surface area (Å²) < 4.78 is 27.0. The van der Waals surface area contributed by atoms with Crippen LogP contribution in [-0.4, -0.2) is 52.0 Å². The number of nitro benzene ring substituents is 1. The second kappa shape index (κ2) is 7.34. The average Bonchev–Trinajstić information content (AvgIpc) is 2.38. The molecule has 0 radical (unpaired) electrons. The third-order valence-electron chi connectivity index (χ3n) is 2.68. The fourth-order valence-electron chi connectivity index (χ4n) is 1.66. The predicted octanol–water partition coefficient (Wildman–Crippen LogP) is 0.866. The van der Waals surface area contributed by atoms with Crippen molar-refractivity contribution in [2.24, 2.45) is 0 Å². The minimum atomic E-state index is -3.81. The quantitative estimate of drug-likeness (QED) is 0.544. The lowest BCUT2D eigenvalue weighted by Crippen LogP contribution is -2.31. The number of hydrogen-bond donors (Lipinski definition) is 2. The van der Waals surface area contributed by atoms with Crippen molar-refractivity contribution in [3.05, 3.63) is 28.3 Å². The summed E-state index contributed by atoms with van der Waals surface area (Å²) in [5.74, 6) is 0. The first-order valence-corrected chi connectivity index (χ1v) is 7.93. The highest BCUT2D eigenvalue weighted by molar-refractivity contribution is 7.89. The third kappa shape index (κ3) is 4.96. The highest BCUT2D eigenvalue weighted by Gasteiger charge is 2.21. The highest BCUT2D eigenvalue weighted by atomic mass is 32.2. The van der Waals surface area contributed by atoms with E-state index < -0.39 is 14.9 Å². The smallest absolute Gasteiger partial charge is 0.270 e. The van der Waals surface area contributed by atoms with Crippen LogP contribution in [-0.2, 0) is 10.0 Å². The van der Waals surface area contributed by atoms with E-state index in [1.807, 2.05) is 25.9 Å². The summed E-state index contributed by atoms with van der Waals surface area (Å²) in [7, 11) is -0.158. The van der Waals surface area contributed by atoms with Gasteiger partial charge in [-0.3, -0.25) is 10.1 Å². The first kappa shape index (κ1) is 17.3. The Morgan fingerprint density at radius 3 is 2.52 bits per heavy atom. The van der Waals surface area contributed by atoms with Gasteiger partial charge in [0.15, 0.2) is 0 Å². The molecule has 0 fully saturated rings. The summed E-state index contributed by atoms with van der Waals surface area (Å²) in [4.78, 5) is 11.9. The zero-order valence-electron chi connectivity index (χ0n) is 12.3. The van der Waals surface area contributed by atoms with Crippen LogP contribution in [0.3, 0.4) is 0 Å². The maximum absolute atomic E-state index is 12.3. The van der Waals surface area contributed by atoms with Crippen LogP contribution < -0.4 is 10.0 Å². The summed E-state index contributed by atoms with van der Waals surface area (Å²) >= 11 is 0. The molecule has 0 heterocycles. The van der Waals surface area contributed by atoms with E-state index in [4.69, 9.17) is 0 Å². The fourth-order valence-corrected chi connectivity index (χ4v) is 2.89. The van der Waals surface area contributed by atoms with Crippen LogP contribution in [0.2, 0.25) is 0 Å². The van der Waals surface area contributed by atoms with Gasteiger partial charge in [0.05, 0.1) is 10.6 Å². The zero-order chi connectivity index (χ0) is 16.0. The SMILES string of the molecule is CCNc1ccc([N+](=O)[O-])cc1S(=O)(=O)NCCN(C)C. The van der Waals surface area contributed by atoms with Crippen LogP contribution in [0.4, 0.5) is 11.4 Å². The molecular formula is C12H20N4O4S. The largest absolute Gasteiger partial charge is 0.384 e. The van der Waals surface area contributed by atoms with Crippen molar-refractivity contribution in [1.29, 1.82) is 0 Å². The molecule has 0 amide bonds. The predicted molar refractivity (Wildman–Crippen MR) is 81.0 cm³/mol. The van der Waals surface area contributed by atoms with Crippen LogP contribution in [0.25, 0.3) is 0 Å².